The zero-order chi connectivity index (χ0) is 11.1. The van der Waals surface area contributed by atoms with Gasteiger partial charge in [-0.1, -0.05) is 47.6 Å². The molecule has 0 saturated carbocycles. The summed E-state index contributed by atoms with van der Waals surface area (Å²) in [5.74, 6) is 0.341. The summed E-state index contributed by atoms with van der Waals surface area (Å²) in [6.07, 6.45) is 0.840. The van der Waals surface area contributed by atoms with Crippen LogP contribution in [0.25, 0.3) is 0 Å². The van der Waals surface area contributed by atoms with Crippen LogP contribution in [0.3, 0.4) is 0 Å². The number of fused-ring (bicyclic) bond motifs is 2. The van der Waals surface area contributed by atoms with Gasteiger partial charge >= 0.3 is 0 Å². The minimum Gasteiger partial charge on any atom is -0.507 e. The number of hydrogen-bond acceptors (Lipinski definition) is 2. The fourth-order valence-electron chi connectivity index (χ4n) is 1.94. The van der Waals surface area contributed by atoms with Gasteiger partial charge in [0.15, 0.2) is 0 Å². The summed E-state index contributed by atoms with van der Waals surface area (Å²) in [7, 11) is 0. The summed E-state index contributed by atoms with van der Waals surface area (Å²) >= 11 is 7.71. The molecule has 3 heteroatoms. The van der Waals surface area contributed by atoms with Crippen LogP contribution in [-0.2, 0) is 6.42 Å². The second kappa shape index (κ2) is 3.72. The minimum atomic E-state index is 0.341. The molecular formula is C13H9ClOS. The summed E-state index contributed by atoms with van der Waals surface area (Å²) < 4.78 is 0. The molecule has 2 aromatic rings. The molecule has 0 aromatic heterocycles. The first-order chi connectivity index (χ1) is 7.75. The van der Waals surface area contributed by atoms with E-state index in [1.165, 1.54) is 11.1 Å². The molecule has 1 aliphatic heterocycles. The second-order valence-electron chi connectivity index (χ2n) is 3.77. The van der Waals surface area contributed by atoms with Crippen molar-refractivity contribution in [3.63, 3.8) is 0 Å². The standard InChI is InChI=1S/C13H9ClOS/c14-10-5-1-3-8-7-9-4-2-6-11(15)13(9)16-12(8)10/h1-6,15H,7H2. The lowest BCUT2D eigenvalue weighted by atomic mass is 10.0. The van der Waals surface area contributed by atoms with Crippen LogP contribution in [0.2, 0.25) is 5.02 Å². The van der Waals surface area contributed by atoms with Crippen molar-refractivity contribution in [1.82, 2.24) is 0 Å². The zero-order valence-corrected chi connectivity index (χ0v) is 9.98. The molecule has 0 amide bonds. The summed E-state index contributed by atoms with van der Waals surface area (Å²) in [5, 5.41) is 10.6. The highest BCUT2D eigenvalue weighted by molar-refractivity contribution is 7.99. The largest absolute Gasteiger partial charge is 0.507 e. The van der Waals surface area contributed by atoms with Crippen LogP contribution in [0.15, 0.2) is 46.2 Å². The molecule has 0 saturated heterocycles. The Hall–Kier alpha value is -1.12. The van der Waals surface area contributed by atoms with E-state index in [4.69, 9.17) is 11.6 Å². The summed E-state index contributed by atoms with van der Waals surface area (Å²) in [4.78, 5) is 2.00. The van der Waals surface area contributed by atoms with Gasteiger partial charge in [0.2, 0.25) is 0 Å². The highest BCUT2D eigenvalue weighted by Crippen LogP contribution is 2.46. The van der Waals surface area contributed by atoms with E-state index in [1.54, 1.807) is 17.8 Å². The monoisotopic (exact) mass is 248 g/mol. The van der Waals surface area contributed by atoms with E-state index in [-0.39, 0.29) is 0 Å². The van der Waals surface area contributed by atoms with Crippen LogP contribution in [0, 0.1) is 0 Å². The number of aromatic hydroxyl groups is 1. The Bertz CT molecular complexity index is 516. The summed E-state index contributed by atoms with van der Waals surface area (Å²) in [6, 6.07) is 11.6. The molecule has 2 aromatic carbocycles. The number of hydrogen-bond donors (Lipinski definition) is 1. The first kappa shape index (κ1) is 10.1. The first-order valence-corrected chi connectivity index (χ1v) is 6.21. The summed E-state index contributed by atoms with van der Waals surface area (Å²) in [5.41, 5.74) is 2.40. The number of phenolic OH excluding ortho intramolecular Hbond substituents is 1. The molecule has 0 bridgehead atoms. The SMILES string of the molecule is Oc1cccc2c1Sc1c(Cl)cccc1C2. The van der Waals surface area contributed by atoms with Crippen molar-refractivity contribution in [1.29, 1.82) is 0 Å². The molecule has 3 rings (SSSR count). The fourth-order valence-corrected chi connectivity index (χ4v) is 3.34. The van der Waals surface area contributed by atoms with Gasteiger partial charge in [0.25, 0.3) is 0 Å². The molecule has 80 valence electrons. The van der Waals surface area contributed by atoms with Crippen molar-refractivity contribution in [2.24, 2.45) is 0 Å². The average molecular weight is 249 g/mol. The van der Waals surface area contributed by atoms with E-state index in [2.05, 4.69) is 6.07 Å². The number of rotatable bonds is 0. The Labute approximate surface area is 103 Å². The molecule has 0 aliphatic carbocycles. The van der Waals surface area contributed by atoms with Crippen LogP contribution >= 0.6 is 23.4 Å². The van der Waals surface area contributed by atoms with Gasteiger partial charge in [-0.2, -0.15) is 0 Å². The summed E-state index contributed by atoms with van der Waals surface area (Å²) in [6.45, 7) is 0. The van der Waals surface area contributed by atoms with Crippen molar-refractivity contribution in [3.8, 4) is 5.75 Å². The first-order valence-electron chi connectivity index (χ1n) is 5.02. The molecule has 0 radical (unpaired) electrons. The Morgan fingerprint density at radius 2 is 1.69 bits per heavy atom. The topological polar surface area (TPSA) is 20.2 Å². The van der Waals surface area contributed by atoms with E-state index in [9.17, 15) is 5.11 Å². The number of benzene rings is 2. The van der Waals surface area contributed by atoms with Crippen molar-refractivity contribution >= 4 is 23.4 Å². The van der Waals surface area contributed by atoms with Gasteiger partial charge in [-0.05, 0) is 29.7 Å². The lowest BCUT2D eigenvalue weighted by molar-refractivity contribution is 0.461. The highest BCUT2D eigenvalue weighted by atomic mass is 35.5. The van der Waals surface area contributed by atoms with E-state index in [0.29, 0.717) is 5.75 Å². The maximum Gasteiger partial charge on any atom is 0.129 e. The maximum absolute atomic E-state index is 9.81. The van der Waals surface area contributed by atoms with Crippen LogP contribution in [0.5, 0.6) is 5.75 Å². The molecule has 0 spiro atoms. The molecule has 0 atom stereocenters. The van der Waals surface area contributed by atoms with Gasteiger partial charge in [0.05, 0.1) is 9.92 Å². The molecule has 1 heterocycles. The van der Waals surface area contributed by atoms with Crippen molar-refractivity contribution in [3.05, 3.63) is 52.5 Å². The fraction of sp³-hybridized carbons (Fsp3) is 0.0769. The Morgan fingerprint density at radius 1 is 1.00 bits per heavy atom. The van der Waals surface area contributed by atoms with E-state index >= 15 is 0 Å². The normalized spacial score (nSPS) is 13.1. The Morgan fingerprint density at radius 3 is 2.50 bits per heavy atom. The number of halogens is 1. The molecule has 0 fully saturated rings. The van der Waals surface area contributed by atoms with Gasteiger partial charge in [-0.3, -0.25) is 0 Å². The Balaban J connectivity index is 2.17. The molecule has 1 N–H and O–H groups in total. The van der Waals surface area contributed by atoms with Gasteiger partial charge in [-0.15, -0.1) is 0 Å². The van der Waals surface area contributed by atoms with Gasteiger partial charge in [-0.25, -0.2) is 0 Å². The van der Waals surface area contributed by atoms with Crippen LogP contribution in [0.4, 0.5) is 0 Å². The van der Waals surface area contributed by atoms with E-state index < -0.39 is 0 Å². The van der Waals surface area contributed by atoms with Gasteiger partial charge in [0.1, 0.15) is 5.75 Å². The highest BCUT2D eigenvalue weighted by Gasteiger charge is 2.20. The third-order valence-corrected chi connectivity index (χ3v) is 4.50. The van der Waals surface area contributed by atoms with Crippen molar-refractivity contribution in [2.75, 3.05) is 0 Å². The lowest BCUT2D eigenvalue weighted by Crippen LogP contribution is -1.99. The Kier molecular flexibility index (Phi) is 2.34. The molecule has 16 heavy (non-hydrogen) atoms. The molecule has 0 unspecified atom stereocenters. The smallest absolute Gasteiger partial charge is 0.129 e. The van der Waals surface area contributed by atoms with Gasteiger partial charge < -0.3 is 5.11 Å². The predicted octanol–water partition coefficient (Wildman–Crippen LogP) is 4.10. The average Bonchev–Trinajstić information content (AvgIpc) is 2.28. The van der Waals surface area contributed by atoms with Crippen LogP contribution in [0.1, 0.15) is 11.1 Å². The van der Waals surface area contributed by atoms with Crippen LogP contribution in [-0.4, -0.2) is 5.11 Å². The maximum atomic E-state index is 9.81. The third kappa shape index (κ3) is 1.49. The van der Waals surface area contributed by atoms with E-state index in [1.807, 2.05) is 24.3 Å². The molecule has 1 nitrogen and oxygen atoms in total. The lowest BCUT2D eigenvalue weighted by Gasteiger charge is -2.20. The zero-order valence-electron chi connectivity index (χ0n) is 8.40. The quantitative estimate of drug-likeness (QED) is 0.646. The van der Waals surface area contributed by atoms with Crippen LogP contribution < -0.4 is 0 Å². The van der Waals surface area contributed by atoms with Crippen molar-refractivity contribution in [2.45, 2.75) is 16.2 Å². The molecular weight excluding hydrogens is 240 g/mol. The third-order valence-electron chi connectivity index (χ3n) is 2.71. The predicted molar refractivity (Wildman–Crippen MR) is 66.5 cm³/mol. The van der Waals surface area contributed by atoms with Crippen molar-refractivity contribution < 1.29 is 5.11 Å². The number of phenols is 1. The van der Waals surface area contributed by atoms with E-state index in [0.717, 1.165) is 21.2 Å². The molecule has 1 aliphatic rings. The van der Waals surface area contributed by atoms with Gasteiger partial charge in [0, 0.05) is 4.90 Å². The minimum absolute atomic E-state index is 0.341. The second-order valence-corrected chi connectivity index (χ2v) is 5.20.